The number of rotatable bonds is 6. The van der Waals surface area contributed by atoms with E-state index in [0.29, 0.717) is 18.3 Å². The molecule has 1 unspecified atom stereocenters. The minimum Gasteiger partial charge on any atom is -0.489 e. The molecule has 1 aromatic carbocycles. The summed E-state index contributed by atoms with van der Waals surface area (Å²) < 4.78 is 18.8. The molecule has 0 spiro atoms. The zero-order chi connectivity index (χ0) is 18.1. The third-order valence-corrected chi connectivity index (χ3v) is 4.03. The summed E-state index contributed by atoms with van der Waals surface area (Å²) in [6, 6.07) is 6.04. The molecule has 0 saturated carbocycles. The zero-order valence-electron chi connectivity index (χ0n) is 14.9. The number of piperidine rings is 1. The first kappa shape index (κ1) is 19.0. The van der Waals surface area contributed by atoms with Crippen LogP contribution in [0.1, 0.15) is 26.2 Å². The second-order valence-electron chi connectivity index (χ2n) is 6.13. The van der Waals surface area contributed by atoms with E-state index in [9.17, 15) is 9.18 Å². The van der Waals surface area contributed by atoms with E-state index in [4.69, 9.17) is 4.74 Å². The molecular formula is C18H27FN4O2. The van der Waals surface area contributed by atoms with Crippen molar-refractivity contribution >= 4 is 11.9 Å². The molecule has 1 aliphatic rings. The topological polar surface area (TPSA) is 66.0 Å². The van der Waals surface area contributed by atoms with Crippen molar-refractivity contribution in [1.29, 1.82) is 0 Å². The van der Waals surface area contributed by atoms with E-state index in [1.54, 1.807) is 19.2 Å². The summed E-state index contributed by atoms with van der Waals surface area (Å²) >= 11 is 0. The average molecular weight is 350 g/mol. The molecule has 0 aliphatic carbocycles. The summed E-state index contributed by atoms with van der Waals surface area (Å²) in [5, 5.41) is 6.14. The second kappa shape index (κ2) is 9.86. The number of carbonyl (C=O) groups is 1. The molecule has 1 atom stereocenters. The number of aliphatic imine (C=N–C) groups is 1. The van der Waals surface area contributed by atoms with Crippen LogP contribution in [0.4, 0.5) is 4.39 Å². The molecule has 2 N–H and O–H groups in total. The van der Waals surface area contributed by atoms with Crippen LogP contribution in [0.5, 0.6) is 5.75 Å². The Balaban J connectivity index is 1.71. The van der Waals surface area contributed by atoms with Gasteiger partial charge >= 0.3 is 0 Å². The number of ether oxygens (including phenoxy) is 1. The minimum atomic E-state index is -0.327. The minimum absolute atomic E-state index is 0.0895. The lowest BCUT2D eigenvalue weighted by Gasteiger charge is -2.27. The highest BCUT2D eigenvalue weighted by Gasteiger charge is 2.16. The highest BCUT2D eigenvalue weighted by molar-refractivity contribution is 5.86. The lowest BCUT2D eigenvalue weighted by atomic mass is 10.1. The number of halogens is 1. The Hall–Kier alpha value is -2.31. The van der Waals surface area contributed by atoms with Gasteiger partial charge in [0.25, 0.3) is 0 Å². The molecule has 25 heavy (non-hydrogen) atoms. The van der Waals surface area contributed by atoms with Crippen LogP contribution in [0.2, 0.25) is 0 Å². The molecule has 1 fully saturated rings. The summed E-state index contributed by atoms with van der Waals surface area (Å²) in [6.45, 7) is 4.26. The fourth-order valence-corrected chi connectivity index (χ4v) is 2.69. The molecular weight excluding hydrogens is 323 g/mol. The quantitative estimate of drug-likeness (QED) is 0.606. The normalized spacial score (nSPS) is 16.3. The maximum absolute atomic E-state index is 13.2. The zero-order valence-corrected chi connectivity index (χ0v) is 14.9. The van der Waals surface area contributed by atoms with Gasteiger partial charge in [-0.05, 0) is 38.3 Å². The number of benzene rings is 1. The van der Waals surface area contributed by atoms with Gasteiger partial charge < -0.3 is 20.3 Å². The van der Waals surface area contributed by atoms with Crippen LogP contribution >= 0.6 is 0 Å². The Labute approximate surface area is 148 Å². The molecule has 1 amide bonds. The molecule has 0 bridgehead atoms. The van der Waals surface area contributed by atoms with Crippen molar-refractivity contribution in [3.8, 4) is 5.75 Å². The maximum atomic E-state index is 13.2. The Morgan fingerprint density at radius 1 is 1.32 bits per heavy atom. The summed E-state index contributed by atoms with van der Waals surface area (Å²) in [4.78, 5) is 18.1. The fourth-order valence-electron chi connectivity index (χ4n) is 2.69. The number of amides is 1. The smallest absolute Gasteiger partial charge is 0.241 e. The number of guanidine groups is 1. The maximum Gasteiger partial charge on any atom is 0.241 e. The van der Waals surface area contributed by atoms with Crippen molar-refractivity contribution in [2.24, 2.45) is 4.99 Å². The summed E-state index contributed by atoms with van der Waals surface area (Å²) in [7, 11) is 1.65. The van der Waals surface area contributed by atoms with Crippen molar-refractivity contribution in [3.05, 3.63) is 30.1 Å². The number of hydrogen-bond acceptors (Lipinski definition) is 3. The van der Waals surface area contributed by atoms with Gasteiger partial charge in [-0.25, -0.2) is 4.39 Å². The van der Waals surface area contributed by atoms with E-state index in [-0.39, 0.29) is 24.4 Å². The van der Waals surface area contributed by atoms with Crippen LogP contribution in [0.15, 0.2) is 29.3 Å². The van der Waals surface area contributed by atoms with Crippen molar-refractivity contribution in [2.75, 3.05) is 33.2 Å². The third-order valence-electron chi connectivity index (χ3n) is 4.03. The standard InChI is InChI=1S/C18H27FN4O2/c1-14(25-16-8-6-7-15(19)11-16)12-21-18(20-2)22-13-17(24)23-9-4-3-5-10-23/h6-8,11,14H,3-5,9-10,12-13H2,1-2H3,(H2,20,21,22). The third kappa shape index (κ3) is 6.60. The molecule has 0 radical (unpaired) electrons. The SMILES string of the molecule is CN=C(NCC(=O)N1CCCCC1)NCC(C)Oc1cccc(F)c1. The largest absolute Gasteiger partial charge is 0.489 e. The van der Waals surface area contributed by atoms with Gasteiger partial charge in [0.2, 0.25) is 5.91 Å². The van der Waals surface area contributed by atoms with Gasteiger partial charge in [-0.15, -0.1) is 0 Å². The van der Waals surface area contributed by atoms with Crippen molar-refractivity contribution in [1.82, 2.24) is 15.5 Å². The number of hydrogen-bond donors (Lipinski definition) is 2. The number of nitrogens with one attached hydrogen (secondary N) is 2. The van der Waals surface area contributed by atoms with Gasteiger partial charge in [0.1, 0.15) is 17.7 Å². The highest BCUT2D eigenvalue weighted by atomic mass is 19.1. The predicted molar refractivity (Wildman–Crippen MR) is 96.3 cm³/mol. The lowest BCUT2D eigenvalue weighted by molar-refractivity contribution is -0.130. The summed E-state index contributed by atoms with van der Waals surface area (Å²) in [5.74, 6) is 0.788. The van der Waals surface area contributed by atoms with E-state index in [1.807, 2.05) is 11.8 Å². The first-order valence-electron chi connectivity index (χ1n) is 8.73. The molecule has 1 heterocycles. The van der Waals surface area contributed by atoms with Gasteiger partial charge in [-0.2, -0.15) is 0 Å². The Morgan fingerprint density at radius 2 is 2.08 bits per heavy atom. The van der Waals surface area contributed by atoms with Crippen LogP contribution in [-0.4, -0.2) is 56.1 Å². The highest BCUT2D eigenvalue weighted by Crippen LogP contribution is 2.13. The molecule has 6 nitrogen and oxygen atoms in total. The van der Waals surface area contributed by atoms with E-state index < -0.39 is 0 Å². The van der Waals surface area contributed by atoms with Crippen molar-refractivity contribution in [2.45, 2.75) is 32.3 Å². The van der Waals surface area contributed by atoms with Crippen molar-refractivity contribution in [3.63, 3.8) is 0 Å². The fraction of sp³-hybridized carbons (Fsp3) is 0.556. The molecule has 1 saturated heterocycles. The molecule has 1 aromatic rings. The number of likely N-dealkylation sites (tertiary alicyclic amines) is 1. The first-order chi connectivity index (χ1) is 12.1. The van der Waals surface area contributed by atoms with E-state index in [1.165, 1.54) is 18.6 Å². The Kier molecular flexibility index (Phi) is 7.50. The summed E-state index contributed by atoms with van der Waals surface area (Å²) in [5.41, 5.74) is 0. The van der Waals surface area contributed by atoms with Crippen LogP contribution in [0, 0.1) is 5.82 Å². The van der Waals surface area contributed by atoms with E-state index >= 15 is 0 Å². The Bertz CT molecular complexity index is 588. The van der Waals surface area contributed by atoms with Gasteiger partial charge in [-0.1, -0.05) is 6.07 Å². The van der Waals surface area contributed by atoms with Crippen molar-refractivity contribution < 1.29 is 13.9 Å². The molecule has 7 heteroatoms. The van der Waals surface area contributed by atoms with Crippen LogP contribution in [0.25, 0.3) is 0 Å². The first-order valence-corrected chi connectivity index (χ1v) is 8.73. The predicted octanol–water partition coefficient (Wildman–Crippen LogP) is 1.77. The number of carbonyl (C=O) groups excluding carboxylic acids is 1. The molecule has 2 rings (SSSR count). The van der Waals surface area contributed by atoms with Gasteiger partial charge in [-0.3, -0.25) is 9.79 Å². The van der Waals surface area contributed by atoms with E-state index in [2.05, 4.69) is 15.6 Å². The molecule has 1 aliphatic heterocycles. The Morgan fingerprint density at radius 3 is 2.76 bits per heavy atom. The lowest BCUT2D eigenvalue weighted by Crippen LogP contribution is -2.47. The van der Waals surface area contributed by atoms with Crippen LogP contribution < -0.4 is 15.4 Å². The molecule has 0 aromatic heterocycles. The van der Waals surface area contributed by atoms with Gasteiger partial charge in [0.15, 0.2) is 5.96 Å². The summed E-state index contributed by atoms with van der Waals surface area (Å²) in [6.07, 6.45) is 3.17. The average Bonchev–Trinajstić information content (AvgIpc) is 2.62. The van der Waals surface area contributed by atoms with Gasteiger partial charge in [0.05, 0.1) is 13.1 Å². The van der Waals surface area contributed by atoms with Crippen LogP contribution in [-0.2, 0) is 4.79 Å². The van der Waals surface area contributed by atoms with Gasteiger partial charge in [0, 0.05) is 26.2 Å². The monoisotopic (exact) mass is 350 g/mol. The molecule has 138 valence electrons. The number of nitrogens with zero attached hydrogens (tertiary/aromatic N) is 2. The second-order valence-corrected chi connectivity index (χ2v) is 6.13. The van der Waals surface area contributed by atoms with E-state index in [0.717, 1.165) is 25.9 Å². The van der Waals surface area contributed by atoms with Crippen LogP contribution in [0.3, 0.4) is 0 Å².